The molecule has 0 saturated heterocycles. The van der Waals surface area contributed by atoms with E-state index in [1.54, 1.807) is 28.8 Å². The molecule has 6 nitrogen and oxygen atoms in total. The molecule has 4 rings (SSSR count). The van der Waals surface area contributed by atoms with E-state index in [4.69, 9.17) is 0 Å². The van der Waals surface area contributed by atoms with Gasteiger partial charge in [0.2, 0.25) is 5.91 Å². The van der Waals surface area contributed by atoms with Gasteiger partial charge in [0.15, 0.2) is 10.3 Å². The average molecular weight is 473 g/mol. The molecule has 1 amide bonds. The molecule has 3 aromatic heterocycles. The summed E-state index contributed by atoms with van der Waals surface area (Å²) < 4.78 is 16.5. The lowest BCUT2D eigenvalue weighted by Crippen LogP contribution is -2.23. The van der Waals surface area contributed by atoms with Crippen molar-refractivity contribution in [3.05, 3.63) is 75.6 Å². The molecule has 0 bridgehead atoms. The topological polar surface area (TPSA) is 68.1 Å². The molecule has 0 N–H and O–H groups in total. The van der Waals surface area contributed by atoms with E-state index >= 15 is 0 Å². The van der Waals surface area contributed by atoms with Gasteiger partial charge in [-0.25, -0.2) is 14.4 Å². The third-order valence-corrected chi connectivity index (χ3v) is 7.11. The number of thiophene rings is 1. The summed E-state index contributed by atoms with van der Waals surface area (Å²) in [6, 6.07) is 7.91. The number of allylic oxidation sites excluding steroid dienone is 1. The second-order valence-electron chi connectivity index (χ2n) is 6.45. The van der Waals surface area contributed by atoms with Crippen molar-refractivity contribution in [2.24, 2.45) is 0 Å². The second kappa shape index (κ2) is 9.13. The number of fused-ring (bicyclic) bond motifs is 1. The summed E-state index contributed by atoms with van der Waals surface area (Å²) in [6.07, 6.45) is 1.66. The zero-order valence-corrected chi connectivity index (χ0v) is 18.9. The maximum Gasteiger partial charge on any atom is 0.272 e. The predicted octanol–water partition coefficient (Wildman–Crippen LogP) is 5.22. The van der Waals surface area contributed by atoms with E-state index in [0.717, 1.165) is 0 Å². The number of hydrogen-bond donors (Lipinski definition) is 0. The molecule has 0 spiro atoms. The van der Waals surface area contributed by atoms with E-state index in [-0.39, 0.29) is 17.2 Å². The van der Waals surface area contributed by atoms with Crippen molar-refractivity contribution in [1.82, 2.24) is 14.5 Å². The van der Waals surface area contributed by atoms with Gasteiger partial charge in [0.1, 0.15) is 10.5 Å². The Morgan fingerprint density at radius 3 is 2.84 bits per heavy atom. The highest BCUT2D eigenvalue weighted by Gasteiger charge is 2.21. The molecule has 0 aliphatic carbocycles. The fourth-order valence-corrected chi connectivity index (χ4v) is 5.63. The third-order valence-electron chi connectivity index (χ3n) is 4.33. The zero-order valence-electron chi connectivity index (χ0n) is 16.4. The summed E-state index contributed by atoms with van der Waals surface area (Å²) in [4.78, 5) is 35.3. The fraction of sp³-hybridized carbons (Fsp3) is 0.143. The van der Waals surface area contributed by atoms with Crippen molar-refractivity contribution in [3.63, 3.8) is 0 Å². The fourth-order valence-electron chi connectivity index (χ4n) is 2.97. The Morgan fingerprint density at radius 2 is 2.10 bits per heavy atom. The van der Waals surface area contributed by atoms with Crippen LogP contribution in [0, 0.1) is 5.82 Å². The minimum atomic E-state index is -0.495. The summed E-state index contributed by atoms with van der Waals surface area (Å²) in [7, 11) is 0. The zero-order chi connectivity index (χ0) is 22.0. The lowest BCUT2D eigenvalue weighted by atomic mass is 10.3. The Hall–Kier alpha value is -2.82. The number of anilines is 2. The molecular weight excluding hydrogens is 455 g/mol. The molecule has 158 valence electrons. The van der Waals surface area contributed by atoms with Gasteiger partial charge in [-0.15, -0.1) is 29.3 Å². The van der Waals surface area contributed by atoms with Crippen LogP contribution in [0.5, 0.6) is 0 Å². The number of aromatic nitrogens is 3. The number of carbonyl (C=O) groups is 1. The first-order valence-electron chi connectivity index (χ1n) is 9.21. The van der Waals surface area contributed by atoms with Crippen LogP contribution in [0.4, 0.5) is 15.2 Å². The van der Waals surface area contributed by atoms with Crippen LogP contribution in [0.3, 0.4) is 0 Å². The number of nitrogens with zero attached hydrogens (tertiary/aromatic N) is 4. The van der Waals surface area contributed by atoms with Crippen LogP contribution in [0.15, 0.2) is 63.7 Å². The number of thioether (sulfide) groups is 1. The Labute approximate surface area is 189 Å². The molecule has 0 unspecified atom stereocenters. The van der Waals surface area contributed by atoms with E-state index < -0.39 is 5.82 Å². The van der Waals surface area contributed by atoms with Gasteiger partial charge in [0.25, 0.3) is 5.56 Å². The Balaban J connectivity index is 1.61. The number of benzene rings is 1. The van der Waals surface area contributed by atoms with Crippen LogP contribution in [0.2, 0.25) is 0 Å². The highest BCUT2D eigenvalue weighted by molar-refractivity contribution is 7.98. The van der Waals surface area contributed by atoms with Crippen molar-refractivity contribution < 1.29 is 9.18 Å². The molecule has 0 radical (unpaired) electrons. The highest BCUT2D eigenvalue weighted by Crippen LogP contribution is 2.32. The Bertz CT molecular complexity index is 1330. The first kappa shape index (κ1) is 21.4. The number of amides is 1. The lowest BCUT2D eigenvalue weighted by Gasteiger charge is -2.18. The summed E-state index contributed by atoms with van der Waals surface area (Å²) in [6.45, 7) is 5.46. The van der Waals surface area contributed by atoms with E-state index in [1.807, 2.05) is 16.8 Å². The van der Waals surface area contributed by atoms with Crippen LogP contribution in [-0.4, -0.2) is 20.4 Å². The van der Waals surface area contributed by atoms with Crippen LogP contribution in [0.25, 0.3) is 10.2 Å². The van der Waals surface area contributed by atoms with E-state index in [2.05, 4.69) is 16.5 Å². The molecule has 0 atom stereocenters. The molecule has 10 heteroatoms. The van der Waals surface area contributed by atoms with Gasteiger partial charge in [0.05, 0.1) is 16.9 Å². The van der Waals surface area contributed by atoms with Crippen LogP contribution in [-0.2, 0) is 17.1 Å². The standard InChI is InChI=1S/C21H17FN4O2S3/c1-3-9-25-19(28)18-16(8-10-29-18)24-20(25)30-11-14-12-31-21(23-14)26(13(2)27)17-7-5-4-6-15(17)22/h3-8,10,12H,1,9,11H2,2H3. The van der Waals surface area contributed by atoms with Crippen LogP contribution >= 0.6 is 34.4 Å². The number of thiazole rings is 1. The Morgan fingerprint density at radius 1 is 1.29 bits per heavy atom. The number of carbonyl (C=O) groups excluding carboxylic acids is 1. The van der Waals surface area contributed by atoms with Gasteiger partial charge in [0, 0.05) is 24.6 Å². The first-order valence-corrected chi connectivity index (χ1v) is 12.0. The van der Waals surface area contributed by atoms with E-state index in [0.29, 0.717) is 38.5 Å². The van der Waals surface area contributed by atoms with Gasteiger partial charge >= 0.3 is 0 Å². The molecule has 0 aliphatic heterocycles. The summed E-state index contributed by atoms with van der Waals surface area (Å²) in [5.41, 5.74) is 1.44. The maximum absolute atomic E-state index is 14.2. The number of hydrogen-bond acceptors (Lipinski definition) is 7. The molecule has 3 heterocycles. The quantitative estimate of drug-likeness (QED) is 0.210. The Kier molecular flexibility index (Phi) is 6.30. The number of rotatable bonds is 7. The lowest BCUT2D eigenvalue weighted by molar-refractivity contribution is -0.115. The minimum absolute atomic E-state index is 0.0938. The van der Waals surface area contributed by atoms with Gasteiger partial charge in [-0.05, 0) is 23.6 Å². The molecule has 31 heavy (non-hydrogen) atoms. The number of halogens is 1. The van der Waals surface area contributed by atoms with Crippen LogP contribution in [0.1, 0.15) is 12.6 Å². The molecular formula is C21H17FN4O2S3. The normalized spacial score (nSPS) is 11.0. The van der Waals surface area contributed by atoms with E-state index in [1.165, 1.54) is 52.3 Å². The molecule has 0 aliphatic rings. The van der Waals surface area contributed by atoms with Crippen molar-refractivity contribution in [2.45, 2.75) is 24.4 Å². The smallest absolute Gasteiger partial charge is 0.272 e. The second-order valence-corrected chi connectivity index (χ2v) is 9.14. The maximum atomic E-state index is 14.2. The number of para-hydroxylation sites is 1. The summed E-state index contributed by atoms with van der Waals surface area (Å²) in [5.74, 6) is -0.382. The van der Waals surface area contributed by atoms with Gasteiger partial charge in [-0.3, -0.25) is 19.1 Å². The molecule has 0 fully saturated rings. The first-order chi connectivity index (χ1) is 15.0. The SMILES string of the molecule is C=CCn1c(SCc2csc(N(C(C)=O)c3ccccc3F)n2)nc2ccsc2c1=O. The molecule has 4 aromatic rings. The molecule has 1 aromatic carbocycles. The summed E-state index contributed by atoms with van der Waals surface area (Å²) >= 11 is 4.00. The van der Waals surface area contributed by atoms with Crippen molar-refractivity contribution in [3.8, 4) is 0 Å². The van der Waals surface area contributed by atoms with Crippen molar-refractivity contribution >= 4 is 61.4 Å². The molecule has 0 saturated carbocycles. The monoisotopic (exact) mass is 472 g/mol. The minimum Gasteiger partial charge on any atom is -0.282 e. The van der Waals surface area contributed by atoms with E-state index in [9.17, 15) is 14.0 Å². The predicted molar refractivity (Wildman–Crippen MR) is 125 cm³/mol. The largest absolute Gasteiger partial charge is 0.282 e. The van der Waals surface area contributed by atoms with Crippen molar-refractivity contribution in [1.29, 1.82) is 0 Å². The highest BCUT2D eigenvalue weighted by atomic mass is 32.2. The third kappa shape index (κ3) is 4.32. The average Bonchev–Trinajstić information content (AvgIpc) is 3.40. The van der Waals surface area contributed by atoms with Crippen molar-refractivity contribution in [2.75, 3.05) is 4.90 Å². The summed E-state index contributed by atoms with van der Waals surface area (Å²) in [5, 5.41) is 4.62. The van der Waals surface area contributed by atoms with Gasteiger partial charge < -0.3 is 0 Å². The van der Waals surface area contributed by atoms with Gasteiger partial charge in [-0.1, -0.05) is 30.0 Å². The van der Waals surface area contributed by atoms with Gasteiger partial charge in [-0.2, -0.15) is 0 Å². The van der Waals surface area contributed by atoms with Crippen LogP contribution < -0.4 is 10.5 Å².